The third kappa shape index (κ3) is 4.48. The molecule has 1 saturated heterocycles. The van der Waals surface area contributed by atoms with E-state index in [4.69, 9.17) is 20.3 Å². The van der Waals surface area contributed by atoms with Gasteiger partial charge in [0.15, 0.2) is 6.23 Å². The summed E-state index contributed by atoms with van der Waals surface area (Å²) in [4.78, 5) is 41.7. The monoisotopic (exact) mass is 387 g/mol. The molecule has 1 aliphatic rings. The number of nitrogens with two attached hydrogens (primary N) is 1. The lowest BCUT2D eigenvalue weighted by atomic mass is 10.1. The summed E-state index contributed by atoms with van der Waals surface area (Å²) in [6.07, 6.45) is -4.29. The lowest BCUT2D eigenvalue weighted by Crippen LogP contribution is -2.36. The van der Waals surface area contributed by atoms with Gasteiger partial charge in [-0.2, -0.15) is 9.29 Å². The molecule has 0 aromatic carbocycles. The maximum Gasteiger partial charge on any atom is 0.481 e. The van der Waals surface area contributed by atoms with Crippen LogP contribution in [0.25, 0.3) is 0 Å². The van der Waals surface area contributed by atoms with Gasteiger partial charge in [0.05, 0.1) is 6.10 Å². The predicted octanol–water partition coefficient (Wildman–Crippen LogP) is -1.30. The standard InChI is InChI=1S/C9H15N3O10P2/c1-4-7(21-24(18,19)22-23(15,16)17)6(13)8(20-4)12-3-2-5(10)11-9(12)14/h2-4,6-8,13H,1H3,(H,18,19)(H2,10,11,14)(H2,15,16,17)/t4-,6?,7?,8-/m1/s1. The van der Waals surface area contributed by atoms with Crippen LogP contribution < -0.4 is 11.4 Å². The van der Waals surface area contributed by atoms with Crippen molar-refractivity contribution in [1.82, 2.24) is 9.55 Å². The molecule has 1 aromatic heterocycles. The zero-order chi connectivity index (χ0) is 18.3. The zero-order valence-corrected chi connectivity index (χ0v) is 13.9. The first-order valence-electron chi connectivity index (χ1n) is 6.36. The highest BCUT2D eigenvalue weighted by atomic mass is 31.3. The smallest absolute Gasteiger partial charge is 0.386 e. The van der Waals surface area contributed by atoms with Crippen molar-refractivity contribution in [2.45, 2.75) is 31.5 Å². The molecule has 0 radical (unpaired) electrons. The average Bonchev–Trinajstić information content (AvgIpc) is 2.63. The number of phosphoric ester groups is 1. The fourth-order valence-corrected chi connectivity index (χ4v) is 3.96. The molecule has 1 aromatic rings. The van der Waals surface area contributed by atoms with Crippen molar-refractivity contribution < 1.29 is 42.5 Å². The Hall–Kier alpha value is -1.14. The van der Waals surface area contributed by atoms with Crippen molar-refractivity contribution in [3.63, 3.8) is 0 Å². The SMILES string of the molecule is C[C@H]1O[C@@H](n2ccc(N)nc2=O)C(O)C1OP(=O)(O)OP(=O)(O)O. The number of nitrogens with zero attached hydrogens (tertiary/aromatic N) is 2. The van der Waals surface area contributed by atoms with E-state index in [9.17, 15) is 23.9 Å². The molecule has 2 heterocycles. The molecule has 5 atom stereocenters. The van der Waals surface area contributed by atoms with Gasteiger partial charge in [-0.05, 0) is 13.0 Å². The van der Waals surface area contributed by atoms with Gasteiger partial charge in [0, 0.05) is 6.20 Å². The molecule has 1 fully saturated rings. The van der Waals surface area contributed by atoms with Crippen molar-refractivity contribution in [2.24, 2.45) is 0 Å². The second-order valence-electron chi connectivity index (χ2n) is 4.88. The van der Waals surface area contributed by atoms with Crippen molar-refractivity contribution in [2.75, 3.05) is 5.73 Å². The number of rotatable bonds is 5. The Balaban J connectivity index is 2.21. The van der Waals surface area contributed by atoms with Gasteiger partial charge in [0.2, 0.25) is 0 Å². The predicted molar refractivity (Wildman–Crippen MR) is 76.3 cm³/mol. The Labute approximate surface area is 134 Å². The van der Waals surface area contributed by atoms with E-state index in [0.717, 1.165) is 4.57 Å². The van der Waals surface area contributed by atoms with E-state index in [1.807, 2.05) is 0 Å². The number of hydrogen-bond donors (Lipinski definition) is 5. The molecular weight excluding hydrogens is 372 g/mol. The molecule has 24 heavy (non-hydrogen) atoms. The number of anilines is 1. The number of hydrogen-bond acceptors (Lipinski definition) is 9. The highest BCUT2D eigenvalue weighted by Gasteiger charge is 2.48. The maximum atomic E-state index is 11.8. The number of aliphatic hydroxyl groups excluding tert-OH is 1. The topological polar surface area (TPSA) is 204 Å². The highest BCUT2D eigenvalue weighted by Crippen LogP contribution is 2.59. The third-order valence-corrected chi connectivity index (χ3v) is 5.22. The summed E-state index contributed by atoms with van der Waals surface area (Å²) in [7, 11) is -10.5. The number of aliphatic hydroxyl groups is 1. The quantitative estimate of drug-likeness (QED) is 0.374. The first-order chi connectivity index (χ1) is 10.9. The first-order valence-corrected chi connectivity index (χ1v) is 9.38. The van der Waals surface area contributed by atoms with Crippen molar-refractivity contribution in [3.05, 3.63) is 22.7 Å². The molecule has 0 aliphatic carbocycles. The Morgan fingerprint density at radius 1 is 1.38 bits per heavy atom. The van der Waals surface area contributed by atoms with Crippen LogP contribution in [0.4, 0.5) is 5.82 Å². The Morgan fingerprint density at radius 2 is 2.00 bits per heavy atom. The number of nitrogen functional groups attached to an aromatic ring is 1. The second-order valence-corrected chi connectivity index (χ2v) is 7.66. The fourth-order valence-electron chi connectivity index (χ4n) is 2.12. The molecule has 0 bridgehead atoms. The zero-order valence-electron chi connectivity index (χ0n) is 12.1. The van der Waals surface area contributed by atoms with Crippen LogP contribution >= 0.6 is 15.6 Å². The number of aromatic nitrogens is 2. The minimum absolute atomic E-state index is 0.0560. The summed E-state index contributed by atoms with van der Waals surface area (Å²) in [5, 5.41) is 10.2. The lowest BCUT2D eigenvalue weighted by Gasteiger charge is -2.21. The number of ether oxygens (including phenoxy) is 1. The molecule has 15 heteroatoms. The molecule has 0 amide bonds. The van der Waals surface area contributed by atoms with Crippen LogP contribution in [0.15, 0.2) is 17.1 Å². The lowest BCUT2D eigenvalue weighted by molar-refractivity contribution is -0.0349. The van der Waals surface area contributed by atoms with Gasteiger partial charge in [0.1, 0.15) is 18.0 Å². The third-order valence-electron chi connectivity index (χ3n) is 3.04. The van der Waals surface area contributed by atoms with E-state index in [0.29, 0.717) is 0 Å². The van der Waals surface area contributed by atoms with Crippen LogP contribution in [0.5, 0.6) is 0 Å². The van der Waals surface area contributed by atoms with Crippen LogP contribution in [0, 0.1) is 0 Å². The van der Waals surface area contributed by atoms with Crippen LogP contribution in [-0.4, -0.2) is 47.6 Å². The van der Waals surface area contributed by atoms with Gasteiger partial charge < -0.3 is 30.3 Å². The molecule has 1 aliphatic heterocycles. The van der Waals surface area contributed by atoms with E-state index in [1.165, 1.54) is 19.2 Å². The van der Waals surface area contributed by atoms with E-state index in [1.54, 1.807) is 0 Å². The Bertz CT molecular complexity index is 762. The first kappa shape index (κ1) is 19.2. The molecule has 136 valence electrons. The summed E-state index contributed by atoms with van der Waals surface area (Å²) in [6, 6.07) is 1.27. The van der Waals surface area contributed by atoms with Crippen LogP contribution in [0.3, 0.4) is 0 Å². The van der Waals surface area contributed by atoms with E-state index >= 15 is 0 Å². The minimum atomic E-state index is -5.31. The molecule has 13 nitrogen and oxygen atoms in total. The normalized spacial score (nSPS) is 30.2. The summed E-state index contributed by atoms with van der Waals surface area (Å²) >= 11 is 0. The minimum Gasteiger partial charge on any atom is -0.386 e. The maximum absolute atomic E-state index is 11.8. The molecular formula is C9H15N3O10P2. The highest BCUT2D eigenvalue weighted by molar-refractivity contribution is 7.60. The van der Waals surface area contributed by atoms with Gasteiger partial charge in [0.25, 0.3) is 0 Å². The van der Waals surface area contributed by atoms with Gasteiger partial charge >= 0.3 is 21.3 Å². The molecule has 2 rings (SSSR count). The van der Waals surface area contributed by atoms with Gasteiger partial charge in [-0.15, -0.1) is 0 Å². The molecule has 3 unspecified atom stereocenters. The van der Waals surface area contributed by atoms with E-state index < -0.39 is 45.9 Å². The van der Waals surface area contributed by atoms with Crippen molar-refractivity contribution in [1.29, 1.82) is 0 Å². The Morgan fingerprint density at radius 3 is 2.54 bits per heavy atom. The van der Waals surface area contributed by atoms with Crippen molar-refractivity contribution in [3.8, 4) is 0 Å². The van der Waals surface area contributed by atoms with Crippen LogP contribution in [0.2, 0.25) is 0 Å². The van der Waals surface area contributed by atoms with Crippen LogP contribution in [-0.2, 0) is 22.7 Å². The van der Waals surface area contributed by atoms with E-state index in [-0.39, 0.29) is 5.82 Å². The van der Waals surface area contributed by atoms with Gasteiger partial charge in [-0.1, -0.05) is 0 Å². The van der Waals surface area contributed by atoms with Crippen molar-refractivity contribution >= 4 is 21.5 Å². The number of phosphoric acid groups is 2. The van der Waals surface area contributed by atoms with E-state index in [2.05, 4.69) is 13.8 Å². The van der Waals surface area contributed by atoms with Crippen LogP contribution in [0.1, 0.15) is 13.2 Å². The summed E-state index contributed by atoms with van der Waals surface area (Å²) in [5.74, 6) is -0.0560. The summed E-state index contributed by atoms with van der Waals surface area (Å²) in [6.45, 7) is 1.35. The Kier molecular flexibility index (Phi) is 5.31. The van der Waals surface area contributed by atoms with Gasteiger partial charge in [-0.25, -0.2) is 13.9 Å². The molecule has 0 saturated carbocycles. The second kappa shape index (κ2) is 6.64. The summed E-state index contributed by atoms with van der Waals surface area (Å²) < 4.78 is 36.6. The largest absolute Gasteiger partial charge is 0.481 e. The fraction of sp³-hybridized carbons (Fsp3) is 0.556. The average molecular weight is 387 g/mol. The summed E-state index contributed by atoms with van der Waals surface area (Å²) in [5.41, 5.74) is 4.50. The van der Waals surface area contributed by atoms with Gasteiger partial charge in [-0.3, -0.25) is 9.09 Å². The molecule has 6 N–H and O–H groups in total. The molecule has 0 spiro atoms.